The van der Waals surface area contributed by atoms with Gasteiger partial charge < -0.3 is 9.84 Å². The van der Waals surface area contributed by atoms with Gasteiger partial charge in [-0.1, -0.05) is 51.1 Å². The molecule has 0 saturated heterocycles. The monoisotopic (exact) mass is 304 g/mol. The fourth-order valence-electron chi connectivity index (χ4n) is 2.32. The van der Waals surface area contributed by atoms with Gasteiger partial charge in [0, 0.05) is 6.42 Å². The molecule has 3 heteroatoms. The zero-order valence-corrected chi connectivity index (χ0v) is 14.6. The summed E-state index contributed by atoms with van der Waals surface area (Å²) in [4.78, 5) is 0. The van der Waals surface area contributed by atoms with Gasteiger partial charge in [0.15, 0.2) is 0 Å². The molecule has 1 unspecified atom stereocenters. The Morgan fingerprint density at radius 3 is 2.29 bits per heavy atom. The molecule has 0 heterocycles. The maximum Gasteiger partial charge on any atom is 0.137 e. The van der Waals surface area contributed by atoms with Gasteiger partial charge in [-0.2, -0.15) is 0 Å². The first-order valence-electron chi connectivity index (χ1n) is 7.95. The van der Waals surface area contributed by atoms with Gasteiger partial charge in [0.2, 0.25) is 0 Å². The van der Waals surface area contributed by atoms with Crippen LogP contribution in [-0.2, 0) is 11.3 Å². The average molecular weight is 305 g/mol. The first-order chi connectivity index (χ1) is 10.2. The van der Waals surface area contributed by atoms with E-state index in [1.54, 1.807) is 0 Å². The van der Waals surface area contributed by atoms with Gasteiger partial charge in [0.1, 0.15) is 8.07 Å². The molecule has 116 valence electrons. The van der Waals surface area contributed by atoms with Crippen LogP contribution >= 0.6 is 0 Å². The van der Waals surface area contributed by atoms with E-state index in [1.165, 1.54) is 18.1 Å². The summed E-state index contributed by atoms with van der Waals surface area (Å²) in [6.45, 7) is 7.62. The van der Waals surface area contributed by atoms with Crippen molar-refractivity contribution in [1.29, 1.82) is 0 Å². The van der Waals surface area contributed by atoms with Gasteiger partial charge in [-0.15, -0.1) is 11.5 Å². The van der Waals surface area contributed by atoms with Crippen LogP contribution in [-0.4, -0.2) is 25.9 Å². The molecular weight excluding hydrogens is 276 g/mol. The molecule has 1 rings (SSSR count). The van der Waals surface area contributed by atoms with E-state index in [-0.39, 0.29) is 0 Å². The van der Waals surface area contributed by atoms with E-state index >= 15 is 0 Å². The smallest absolute Gasteiger partial charge is 0.137 e. The second-order valence-corrected chi connectivity index (χ2v) is 10.4. The SMILES string of the molecule is CC[Si](C#CCC(O)COCc1ccccc1)(CC)CC. The Hall–Kier alpha value is -1.08. The Morgan fingerprint density at radius 2 is 1.71 bits per heavy atom. The molecule has 0 aliphatic rings. The molecule has 0 aromatic heterocycles. The van der Waals surface area contributed by atoms with Gasteiger partial charge in [-0.25, -0.2) is 0 Å². The quantitative estimate of drug-likeness (QED) is 0.581. The highest BCUT2D eigenvalue weighted by Gasteiger charge is 2.24. The van der Waals surface area contributed by atoms with E-state index in [9.17, 15) is 5.11 Å². The summed E-state index contributed by atoms with van der Waals surface area (Å²) in [5.41, 5.74) is 4.62. The molecule has 1 aromatic carbocycles. The lowest BCUT2D eigenvalue weighted by Crippen LogP contribution is -2.29. The van der Waals surface area contributed by atoms with E-state index in [4.69, 9.17) is 4.74 Å². The van der Waals surface area contributed by atoms with Gasteiger partial charge in [-0.05, 0) is 23.7 Å². The number of hydrogen-bond donors (Lipinski definition) is 1. The van der Waals surface area contributed by atoms with Crippen molar-refractivity contribution >= 4 is 8.07 Å². The van der Waals surface area contributed by atoms with Crippen molar-refractivity contribution in [2.24, 2.45) is 0 Å². The number of benzene rings is 1. The maximum atomic E-state index is 9.93. The Labute approximate surface area is 130 Å². The van der Waals surface area contributed by atoms with E-state index < -0.39 is 14.2 Å². The number of aliphatic hydroxyl groups is 1. The molecule has 21 heavy (non-hydrogen) atoms. The number of hydrogen-bond acceptors (Lipinski definition) is 2. The number of rotatable bonds is 8. The minimum absolute atomic E-state index is 0.350. The molecule has 0 fully saturated rings. The highest BCUT2D eigenvalue weighted by atomic mass is 28.3. The highest BCUT2D eigenvalue weighted by molar-refractivity contribution is 6.87. The fourth-order valence-corrected chi connectivity index (χ4v) is 4.82. The van der Waals surface area contributed by atoms with Crippen LogP contribution < -0.4 is 0 Å². The Bertz CT molecular complexity index is 435. The molecule has 2 nitrogen and oxygen atoms in total. The van der Waals surface area contributed by atoms with Crippen LogP contribution in [0.1, 0.15) is 32.8 Å². The Morgan fingerprint density at radius 1 is 1.10 bits per heavy atom. The van der Waals surface area contributed by atoms with Crippen LogP contribution in [0.15, 0.2) is 30.3 Å². The Kier molecular flexibility index (Phi) is 8.37. The summed E-state index contributed by atoms with van der Waals surface area (Å²) in [5, 5.41) is 9.93. The number of aliphatic hydroxyl groups excluding tert-OH is 1. The average Bonchev–Trinajstić information content (AvgIpc) is 2.53. The first-order valence-corrected chi connectivity index (χ1v) is 10.6. The molecule has 0 saturated carbocycles. The third-order valence-electron chi connectivity index (χ3n) is 4.14. The van der Waals surface area contributed by atoms with Crippen molar-refractivity contribution < 1.29 is 9.84 Å². The molecule has 1 atom stereocenters. The minimum Gasteiger partial charge on any atom is -0.390 e. The summed E-state index contributed by atoms with van der Waals surface area (Å²) < 4.78 is 5.54. The largest absolute Gasteiger partial charge is 0.390 e. The normalized spacial score (nSPS) is 12.6. The summed E-state index contributed by atoms with van der Waals surface area (Å²) in [6, 6.07) is 13.6. The highest BCUT2D eigenvalue weighted by Crippen LogP contribution is 2.18. The van der Waals surface area contributed by atoms with E-state index in [0.717, 1.165) is 5.56 Å². The minimum atomic E-state index is -1.38. The van der Waals surface area contributed by atoms with Crippen LogP contribution in [0.4, 0.5) is 0 Å². The molecule has 0 spiro atoms. The summed E-state index contributed by atoms with van der Waals surface area (Å²) >= 11 is 0. The lowest BCUT2D eigenvalue weighted by molar-refractivity contribution is 0.0311. The van der Waals surface area contributed by atoms with E-state index in [2.05, 4.69) is 32.2 Å². The predicted molar refractivity (Wildman–Crippen MR) is 91.7 cm³/mol. The van der Waals surface area contributed by atoms with Crippen LogP contribution in [0.25, 0.3) is 0 Å². The summed E-state index contributed by atoms with van der Waals surface area (Å²) in [7, 11) is -1.38. The van der Waals surface area contributed by atoms with Gasteiger partial charge in [-0.3, -0.25) is 0 Å². The van der Waals surface area contributed by atoms with E-state index in [0.29, 0.717) is 19.6 Å². The van der Waals surface area contributed by atoms with Crippen molar-refractivity contribution in [3.8, 4) is 11.5 Å². The van der Waals surface area contributed by atoms with Crippen molar-refractivity contribution in [2.45, 2.75) is 58.0 Å². The fraction of sp³-hybridized carbons (Fsp3) is 0.556. The first kappa shape index (κ1) is 18.0. The molecule has 1 aromatic rings. The van der Waals surface area contributed by atoms with Crippen molar-refractivity contribution in [3.63, 3.8) is 0 Å². The maximum absolute atomic E-state index is 9.93. The summed E-state index contributed by atoms with van der Waals surface area (Å²) in [5.74, 6) is 3.21. The number of ether oxygens (including phenoxy) is 1. The summed E-state index contributed by atoms with van der Waals surface area (Å²) in [6.07, 6.45) is 0.0299. The van der Waals surface area contributed by atoms with Crippen molar-refractivity contribution in [1.82, 2.24) is 0 Å². The molecule has 0 bridgehead atoms. The topological polar surface area (TPSA) is 29.5 Å². The van der Waals surface area contributed by atoms with Gasteiger partial charge >= 0.3 is 0 Å². The molecule has 0 aliphatic heterocycles. The van der Waals surface area contributed by atoms with Crippen molar-refractivity contribution in [2.75, 3.05) is 6.61 Å². The van der Waals surface area contributed by atoms with Crippen molar-refractivity contribution in [3.05, 3.63) is 35.9 Å². The van der Waals surface area contributed by atoms with Crippen LogP contribution in [0, 0.1) is 11.5 Å². The van der Waals surface area contributed by atoms with E-state index in [1.807, 2.05) is 30.3 Å². The van der Waals surface area contributed by atoms with Gasteiger partial charge in [0.05, 0.1) is 19.3 Å². The lowest BCUT2D eigenvalue weighted by Gasteiger charge is -2.20. The predicted octanol–water partition coefficient (Wildman–Crippen LogP) is 4.01. The molecule has 0 aliphatic carbocycles. The molecule has 1 N–H and O–H groups in total. The van der Waals surface area contributed by atoms with Crippen LogP contribution in [0.5, 0.6) is 0 Å². The third-order valence-corrected chi connectivity index (χ3v) is 8.91. The lowest BCUT2D eigenvalue weighted by atomic mass is 10.2. The standard InChI is InChI=1S/C18H28O2Si/c1-4-21(5-2,6-3)14-10-13-18(19)16-20-15-17-11-8-7-9-12-17/h7-9,11-12,18-19H,4-6,13,15-16H2,1-3H3. The van der Waals surface area contributed by atoms with Crippen LogP contribution in [0.3, 0.4) is 0 Å². The molecule has 0 radical (unpaired) electrons. The van der Waals surface area contributed by atoms with Crippen LogP contribution in [0.2, 0.25) is 18.1 Å². The zero-order chi connectivity index (χ0) is 15.6. The Balaban J connectivity index is 2.33. The van der Waals surface area contributed by atoms with Gasteiger partial charge in [0.25, 0.3) is 0 Å². The molecular formula is C18H28O2Si. The zero-order valence-electron chi connectivity index (χ0n) is 13.6. The second kappa shape index (κ2) is 9.78. The molecule has 0 amide bonds. The second-order valence-electron chi connectivity index (χ2n) is 5.50. The third kappa shape index (κ3) is 6.47.